The molecule has 0 radical (unpaired) electrons. The third-order valence-electron chi connectivity index (χ3n) is 7.61. The van der Waals surface area contributed by atoms with Crippen LogP contribution in [0.5, 0.6) is 0 Å². The van der Waals surface area contributed by atoms with Gasteiger partial charge in [-0.05, 0) is 65.7 Å². The zero-order valence-electron chi connectivity index (χ0n) is 21.0. The van der Waals surface area contributed by atoms with Crippen LogP contribution in [0.15, 0.2) is 128 Å². The van der Waals surface area contributed by atoms with E-state index in [1.54, 1.807) is 0 Å². The third-order valence-corrected chi connectivity index (χ3v) is 11.6. The maximum absolute atomic E-state index is 2.48. The van der Waals surface area contributed by atoms with Crippen LogP contribution in [-0.2, 0) is 7.05 Å². The minimum Gasteiger partial charge on any atom is -0.200 e. The molecular weight excluding hydrogens is 453 g/mol. The minimum absolute atomic E-state index is 1.27. The Morgan fingerprint density at radius 1 is 0.583 bits per heavy atom. The highest BCUT2D eigenvalue weighted by atomic mass is 31.2. The second-order valence-electron chi connectivity index (χ2n) is 9.65. The van der Waals surface area contributed by atoms with Crippen molar-refractivity contribution in [3.05, 3.63) is 133 Å². The van der Waals surface area contributed by atoms with Gasteiger partial charge in [0.05, 0.1) is 17.6 Å². The second kappa shape index (κ2) is 9.01. The van der Waals surface area contributed by atoms with E-state index in [2.05, 4.69) is 153 Å². The van der Waals surface area contributed by atoms with Crippen LogP contribution in [0.3, 0.4) is 0 Å². The number of nitrogens with zero attached hydrogens (tertiary/aromatic N) is 1. The lowest BCUT2D eigenvalue weighted by Crippen LogP contribution is -2.32. The minimum atomic E-state index is -1.88. The molecule has 36 heavy (non-hydrogen) atoms. The van der Waals surface area contributed by atoms with E-state index in [4.69, 9.17) is 0 Å². The van der Waals surface area contributed by atoms with Crippen LogP contribution in [0.25, 0.3) is 32.8 Å². The molecule has 2 heteroatoms. The predicted molar refractivity (Wildman–Crippen MR) is 157 cm³/mol. The smallest absolute Gasteiger partial charge is 0.200 e. The highest BCUT2D eigenvalue weighted by Crippen LogP contribution is 2.53. The van der Waals surface area contributed by atoms with E-state index in [9.17, 15) is 0 Å². The van der Waals surface area contributed by atoms with Crippen molar-refractivity contribution in [2.75, 3.05) is 6.66 Å². The van der Waals surface area contributed by atoms with Gasteiger partial charge in [-0.25, -0.2) is 4.57 Å². The van der Waals surface area contributed by atoms with Crippen molar-refractivity contribution in [3.8, 4) is 11.3 Å². The molecule has 0 aliphatic rings. The second-order valence-corrected chi connectivity index (χ2v) is 13.2. The zero-order chi connectivity index (χ0) is 24.7. The largest absolute Gasteiger partial charge is 0.220 e. The normalized spacial score (nSPS) is 11.8. The summed E-state index contributed by atoms with van der Waals surface area (Å²) in [5.41, 5.74) is 3.90. The van der Waals surface area contributed by atoms with Gasteiger partial charge in [0.1, 0.15) is 30.2 Å². The molecule has 1 aromatic heterocycles. The lowest BCUT2D eigenvalue weighted by Gasteiger charge is -2.25. The first-order valence-electron chi connectivity index (χ1n) is 12.5. The van der Waals surface area contributed by atoms with Gasteiger partial charge in [0.15, 0.2) is 6.20 Å². The first-order chi connectivity index (χ1) is 17.6. The fourth-order valence-corrected chi connectivity index (χ4v) is 9.22. The van der Waals surface area contributed by atoms with Gasteiger partial charge in [-0.3, -0.25) is 0 Å². The summed E-state index contributed by atoms with van der Waals surface area (Å²) in [6.45, 7) is 4.79. The Hall–Kier alpha value is -3.80. The van der Waals surface area contributed by atoms with Gasteiger partial charge < -0.3 is 0 Å². The molecule has 1 heterocycles. The SMILES string of the molecule is Cc1c(-c2c3ccccc3cc[n+]2C)ccc2cccc([P+](C)(c3ccccc3)c3ccccc3)c12. The Morgan fingerprint density at radius 3 is 1.89 bits per heavy atom. The van der Waals surface area contributed by atoms with E-state index in [0.717, 1.165) is 0 Å². The molecule has 0 saturated heterocycles. The Bertz CT molecular complexity index is 1670. The van der Waals surface area contributed by atoms with E-state index in [0.29, 0.717) is 0 Å². The van der Waals surface area contributed by atoms with E-state index >= 15 is 0 Å². The quantitative estimate of drug-likeness (QED) is 0.194. The fraction of sp³-hybridized carbons (Fsp3) is 0.0882. The Kier molecular flexibility index (Phi) is 5.67. The number of benzene rings is 5. The van der Waals surface area contributed by atoms with Gasteiger partial charge >= 0.3 is 0 Å². The molecular formula is C34H30NP+2. The molecule has 174 valence electrons. The lowest BCUT2D eigenvalue weighted by atomic mass is 9.95. The third kappa shape index (κ3) is 3.55. The molecule has 6 aromatic rings. The number of hydrogen-bond acceptors (Lipinski definition) is 0. The van der Waals surface area contributed by atoms with Crippen molar-refractivity contribution in [1.82, 2.24) is 0 Å². The average molecular weight is 484 g/mol. The fourth-order valence-electron chi connectivity index (χ4n) is 5.70. The molecule has 0 unspecified atom stereocenters. The van der Waals surface area contributed by atoms with Crippen LogP contribution in [0.1, 0.15) is 5.56 Å². The van der Waals surface area contributed by atoms with E-state index in [1.165, 1.54) is 54.3 Å². The monoisotopic (exact) mass is 483 g/mol. The summed E-state index contributed by atoms with van der Waals surface area (Å²) >= 11 is 0. The molecule has 1 nitrogen and oxygen atoms in total. The Morgan fingerprint density at radius 2 is 1.19 bits per heavy atom. The topological polar surface area (TPSA) is 3.88 Å². The van der Waals surface area contributed by atoms with Gasteiger partial charge in [-0.1, -0.05) is 72.8 Å². The maximum atomic E-state index is 2.48. The highest BCUT2D eigenvalue weighted by Gasteiger charge is 2.42. The van der Waals surface area contributed by atoms with Crippen molar-refractivity contribution >= 4 is 44.7 Å². The summed E-state index contributed by atoms with van der Waals surface area (Å²) < 4.78 is 2.27. The molecule has 5 aromatic carbocycles. The average Bonchev–Trinajstić information content (AvgIpc) is 2.94. The predicted octanol–water partition coefficient (Wildman–Crippen LogP) is 6.72. The number of rotatable bonds is 4. The molecule has 0 aliphatic carbocycles. The van der Waals surface area contributed by atoms with Crippen molar-refractivity contribution in [2.45, 2.75) is 6.92 Å². The summed E-state index contributed by atoms with van der Waals surface area (Å²) in [7, 11) is 0.278. The van der Waals surface area contributed by atoms with Gasteiger partial charge in [-0.2, -0.15) is 0 Å². The van der Waals surface area contributed by atoms with Crippen LogP contribution < -0.4 is 20.5 Å². The van der Waals surface area contributed by atoms with Gasteiger partial charge in [0, 0.05) is 11.5 Å². The summed E-state index contributed by atoms with van der Waals surface area (Å²) in [5, 5.41) is 9.49. The van der Waals surface area contributed by atoms with Gasteiger partial charge in [0.25, 0.3) is 0 Å². The molecule has 0 fully saturated rings. The Balaban J connectivity index is 1.71. The summed E-state index contributed by atoms with van der Waals surface area (Å²) in [6, 6.07) is 44.6. The molecule has 0 saturated carbocycles. The van der Waals surface area contributed by atoms with Gasteiger partial charge in [-0.15, -0.1) is 0 Å². The standard InChI is InChI=1S/C34H30NP/c1-25-30(34-31-19-11-10-13-26(31)23-24-35(34)2)22-21-27-14-12-20-32(33(25)27)36(3,28-15-6-4-7-16-28)29-17-8-5-9-18-29/h4-24H,1-3H3/q+2. The number of fused-ring (bicyclic) bond motifs is 2. The van der Waals surface area contributed by atoms with Crippen molar-refractivity contribution in [3.63, 3.8) is 0 Å². The number of pyridine rings is 1. The van der Waals surface area contributed by atoms with Crippen LogP contribution in [0.2, 0.25) is 0 Å². The first kappa shape index (κ1) is 22.7. The first-order valence-corrected chi connectivity index (χ1v) is 14.7. The van der Waals surface area contributed by atoms with Crippen molar-refractivity contribution in [2.24, 2.45) is 7.05 Å². The van der Waals surface area contributed by atoms with Gasteiger partial charge in [0.2, 0.25) is 5.69 Å². The van der Waals surface area contributed by atoms with E-state index in [1.807, 2.05) is 0 Å². The highest BCUT2D eigenvalue weighted by molar-refractivity contribution is 7.95. The van der Waals surface area contributed by atoms with Crippen molar-refractivity contribution < 1.29 is 4.57 Å². The van der Waals surface area contributed by atoms with Crippen LogP contribution in [0, 0.1) is 6.92 Å². The Labute approximate surface area is 214 Å². The van der Waals surface area contributed by atoms with Crippen molar-refractivity contribution in [1.29, 1.82) is 0 Å². The molecule has 0 N–H and O–H groups in total. The molecule has 0 spiro atoms. The van der Waals surface area contributed by atoms with Crippen LogP contribution in [-0.4, -0.2) is 6.66 Å². The molecule has 6 rings (SSSR count). The molecule has 0 atom stereocenters. The number of aromatic nitrogens is 1. The summed E-state index contributed by atoms with van der Waals surface area (Å²) in [5.74, 6) is 0. The lowest BCUT2D eigenvalue weighted by molar-refractivity contribution is -0.659. The number of aryl methyl sites for hydroxylation is 2. The summed E-state index contributed by atoms with van der Waals surface area (Å²) in [6.07, 6.45) is 2.18. The van der Waals surface area contributed by atoms with Crippen LogP contribution in [0.4, 0.5) is 0 Å². The molecule has 0 bridgehead atoms. The van der Waals surface area contributed by atoms with E-state index in [-0.39, 0.29) is 0 Å². The maximum Gasteiger partial charge on any atom is 0.220 e. The number of hydrogen-bond donors (Lipinski definition) is 0. The van der Waals surface area contributed by atoms with Crippen LogP contribution >= 0.6 is 7.26 Å². The van der Waals surface area contributed by atoms with E-state index < -0.39 is 7.26 Å². The summed E-state index contributed by atoms with van der Waals surface area (Å²) in [4.78, 5) is 0. The molecule has 0 amide bonds. The zero-order valence-corrected chi connectivity index (χ0v) is 21.9. The molecule has 0 aliphatic heterocycles.